The molecular formula is C18H33N5S. The molecule has 6 heteroatoms. The van der Waals surface area contributed by atoms with E-state index in [1.807, 2.05) is 7.05 Å². The highest BCUT2D eigenvalue weighted by molar-refractivity contribution is 7.11. The Kier molecular flexibility index (Phi) is 7.99. The molecule has 0 amide bonds. The fourth-order valence-corrected chi connectivity index (χ4v) is 3.95. The van der Waals surface area contributed by atoms with Crippen LogP contribution in [0.25, 0.3) is 0 Å². The molecular weight excluding hydrogens is 318 g/mol. The van der Waals surface area contributed by atoms with E-state index in [1.165, 1.54) is 50.2 Å². The Morgan fingerprint density at radius 3 is 2.62 bits per heavy atom. The van der Waals surface area contributed by atoms with E-state index in [9.17, 15) is 0 Å². The number of nitrogens with one attached hydrogen (secondary N) is 2. The minimum absolute atomic E-state index is 0.795. The van der Waals surface area contributed by atoms with E-state index in [2.05, 4.69) is 46.3 Å². The number of nitrogens with zero attached hydrogens (tertiary/aromatic N) is 3. The maximum Gasteiger partial charge on any atom is 0.191 e. The molecule has 2 rings (SSSR count). The fourth-order valence-electron chi connectivity index (χ4n) is 3.07. The molecule has 1 aliphatic heterocycles. The van der Waals surface area contributed by atoms with E-state index in [-0.39, 0.29) is 0 Å². The summed E-state index contributed by atoms with van der Waals surface area (Å²) >= 11 is 1.75. The molecule has 2 N–H and O–H groups in total. The maximum absolute atomic E-state index is 4.46. The highest BCUT2D eigenvalue weighted by Gasteiger charge is 2.14. The number of thiazole rings is 1. The normalized spacial score (nSPS) is 17.2. The van der Waals surface area contributed by atoms with Crippen molar-refractivity contribution in [2.24, 2.45) is 10.9 Å². The summed E-state index contributed by atoms with van der Waals surface area (Å²) in [4.78, 5) is 12.7. The number of unbranched alkanes of at least 4 members (excludes halogenated alkanes) is 1. The second kappa shape index (κ2) is 9.99. The van der Waals surface area contributed by atoms with Gasteiger partial charge in [0.2, 0.25) is 0 Å². The van der Waals surface area contributed by atoms with Crippen molar-refractivity contribution in [1.29, 1.82) is 0 Å². The SMILES string of the molecule is CN=C(NCCCCN1CCC(C)CC1)NCc1sc(C)nc1C. The maximum atomic E-state index is 4.46. The van der Waals surface area contributed by atoms with E-state index >= 15 is 0 Å². The Bertz CT molecular complexity index is 517. The summed E-state index contributed by atoms with van der Waals surface area (Å²) in [5.41, 5.74) is 1.12. The zero-order chi connectivity index (χ0) is 17.4. The molecule has 1 aromatic rings. The smallest absolute Gasteiger partial charge is 0.191 e. The molecule has 0 atom stereocenters. The molecule has 0 unspecified atom stereocenters. The first-order chi connectivity index (χ1) is 11.6. The third kappa shape index (κ3) is 6.40. The third-order valence-electron chi connectivity index (χ3n) is 4.71. The van der Waals surface area contributed by atoms with Crippen molar-refractivity contribution in [2.75, 3.05) is 33.2 Å². The number of aromatic nitrogens is 1. The van der Waals surface area contributed by atoms with Crippen LogP contribution in [0.15, 0.2) is 4.99 Å². The van der Waals surface area contributed by atoms with E-state index in [0.717, 1.165) is 35.7 Å². The van der Waals surface area contributed by atoms with Crippen LogP contribution >= 0.6 is 11.3 Å². The van der Waals surface area contributed by atoms with Crippen LogP contribution in [0.1, 0.15) is 48.2 Å². The molecule has 5 nitrogen and oxygen atoms in total. The lowest BCUT2D eigenvalue weighted by atomic mass is 9.99. The fraction of sp³-hybridized carbons (Fsp3) is 0.778. The monoisotopic (exact) mass is 351 g/mol. The van der Waals surface area contributed by atoms with Crippen molar-refractivity contribution in [3.63, 3.8) is 0 Å². The summed E-state index contributed by atoms with van der Waals surface area (Å²) in [5.74, 6) is 1.80. The lowest BCUT2D eigenvalue weighted by Gasteiger charge is -2.30. The van der Waals surface area contributed by atoms with Crippen molar-refractivity contribution >= 4 is 17.3 Å². The Balaban J connectivity index is 1.57. The van der Waals surface area contributed by atoms with E-state index in [0.29, 0.717) is 0 Å². The molecule has 1 aliphatic rings. The molecule has 136 valence electrons. The van der Waals surface area contributed by atoms with Crippen LogP contribution in [-0.4, -0.2) is 49.1 Å². The largest absolute Gasteiger partial charge is 0.356 e. The molecule has 0 aromatic carbocycles. The van der Waals surface area contributed by atoms with Crippen LogP contribution in [0.5, 0.6) is 0 Å². The summed E-state index contributed by atoms with van der Waals surface area (Å²) in [7, 11) is 1.83. The molecule has 0 bridgehead atoms. The number of likely N-dealkylation sites (tertiary alicyclic amines) is 1. The average molecular weight is 352 g/mol. The van der Waals surface area contributed by atoms with Gasteiger partial charge in [-0.25, -0.2) is 4.98 Å². The Hall–Kier alpha value is -1.14. The minimum Gasteiger partial charge on any atom is -0.356 e. The number of hydrogen-bond donors (Lipinski definition) is 2. The number of aliphatic imine (C=N–C) groups is 1. The summed E-state index contributed by atoms with van der Waals surface area (Å²) in [6, 6.07) is 0. The van der Waals surface area contributed by atoms with Crippen molar-refractivity contribution in [3.8, 4) is 0 Å². The predicted molar refractivity (Wildman–Crippen MR) is 104 cm³/mol. The number of guanidine groups is 1. The lowest BCUT2D eigenvalue weighted by Crippen LogP contribution is -2.38. The summed E-state index contributed by atoms with van der Waals surface area (Å²) in [6.45, 7) is 12.1. The number of aryl methyl sites for hydroxylation is 2. The van der Waals surface area contributed by atoms with Gasteiger partial charge in [-0.2, -0.15) is 0 Å². The van der Waals surface area contributed by atoms with Crippen LogP contribution in [0, 0.1) is 19.8 Å². The van der Waals surface area contributed by atoms with Crippen LogP contribution in [0.4, 0.5) is 0 Å². The van der Waals surface area contributed by atoms with E-state index < -0.39 is 0 Å². The molecule has 1 fully saturated rings. The first kappa shape index (κ1) is 19.2. The second-order valence-corrected chi connectivity index (χ2v) is 8.11. The zero-order valence-corrected chi connectivity index (χ0v) is 16.5. The van der Waals surface area contributed by atoms with E-state index in [1.54, 1.807) is 11.3 Å². The van der Waals surface area contributed by atoms with Gasteiger partial charge >= 0.3 is 0 Å². The first-order valence-electron chi connectivity index (χ1n) is 9.18. The average Bonchev–Trinajstić information content (AvgIpc) is 2.89. The highest BCUT2D eigenvalue weighted by atomic mass is 32.1. The van der Waals surface area contributed by atoms with Crippen LogP contribution in [-0.2, 0) is 6.54 Å². The van der Waals surface area contributed by atoms with Gasteiger partial charge in [-0.3, -0.25) is 4.99 Å². The van der Waals surface area contributed by atoms with Gasteiger partial charge in [0.15, 0.2) is 5.96 Å². The van der Waals surface area contributed by atoms with E-state index in [4.69, 9.17) is 0 Å². The molecule has 24 heavy (non-hydrogen) atoms. The molecule has 1 aromatic heterocycles. The summed E-state index contributed by atoms with van der Waals surface area (Å²) < 4.78 is 0. The van der Waals surface area contributed by atoms with Gasteiger partial charge in [0.25, 0.3) is 0 Å². The van der Waals surface area contributed by atoms with Crippen molar-refractivity contribution in [2.45, 2.75) is 53.0 Å². The van der Waals surface area contributed by atoms with Gasteiger partial charge in [0.05, 0.1) is 17.2 Å². The molecule has 0 radical (unpaired) electrons. The topological polar surface area (TPSA) is 52.6 Å². The van der Waals surface area contributed by atoms with Gasteiger partial charge in [-0.05, 0) is 65.1 Å². The van der Waals surface area contributed by atoms with Gasteiger partial charge < -0.3 is 15.5 Å². The molecule has 2 heterocycles. The minimum atomic E-state index is 0.795. The number of hydrogen-bond acceptors (Lipinski definition) is 4. The van der Waals surface area contributed by atoms with Crippen LogP contribution in [0.2, 0.25) is 0 Å². The van der Waals surface area contributed by atoms with Gasteiger partial charge in [-0.1, -0.05) is 6.92 Å². The molecule has 1 saturated heterocycles. The summed E-state index contributed by atoms with van der Waals surface area (Å²) in [5, 5.41) is 7.92. The van der Waals surface area contributed by atoms with Crippen LogP contribution < -0.4 is 10.6 Å². The Labute approximate surface area is 151 Å². The molecule has 0 saturated carbocycles. The van der Waals surface area contributed by atoms with Gasteiger partial charge in [-0.15, -0.1) is 11.3 Å². The second-order valence-electron chi connectivity index (χ2n) is 6.83. The molecule has 0 aliphatic carbocycles. The van der Waals surface area contributed by atoms with Crippen molar-refractivity contribution in [1.82, 2.24) is 20.5 Å². The Morgan fingerprint density at radius 1 is 1.25 bits per heavy atom. The summed E-state index contributed by atoms with van der Waals surface area (Å²) in [6.07, 6.45) is 5.17. The Morgan fingerprint density at radius 2 is 2.00 bits per heavy atom. The quantitative estimate of drug-likeness (QED) is 0.450. The third-order valence-corrected chi connectivity index (χ3v) is 5.78. The highest BCUT2D eigenvalue weighted by Crippen LogP contribution is 2.17. The van der Waals surface area contributed by atoms with Gasteiger partial charge in [0, 0.05) is 18.5 Å². The first-order valence-corrected chi connectivity index (χ1v) is 10.00. The van der Waals surface area contributed by atoms with Crippen molar-refractivity contribution in [3.05, 3.63) is 15.6 Å². The molecule has 0 spiro atoms. The van der Waals surface area contributed by atoms with Crippen molar-refractivity contribution < 1.29 is 0 Å². The predicted octanol–water partition coefficient (Wildman–Crippen LogP) is 2.94. The number of piperidine rings is 1. The number of rotatable bonds is 7. The van der Waals surface area contributed by atoms with Gasteiger partial charge in [0.1, 0.15) is 0 Å². The standard InChI is InChI=1S/C18H33N5S/c1-14-7-11-23(12-8-14)10-6-5-9-20-18(19-4)21-13-17-15(2)22-16(3)24-17/h14H,5-13H2,1-4H3,(H2,19,20,21). The zero-order valence-electron chi connectivity index (χ0n) is 15.7. The van der Waals surface area contributed by atoms with Crippen LogP contribution in [0.3, 0.4) is 0 Å². The lowest BCUT2D eigenvalue weighted by molar-refractivity contribution is 0.189.